The molecule has 12 heteroatoms. The summed E-state index contributed by atoms with van der Waals surface area (Å²) in [6, 6.07) is 2.30. The molecule has 31 heavy (non-hydrogen) atoms. The number of rotatable bonds is 7. The van der Waals surface area contributed by atoms with Crippen molar-refractivity contribution in [3.05, 3.63) is 63.8 Å². The zero-order valence-electron chi connectivity index (χ0n) is 16.3. The predicted molar refractivity (Wildman–Crippen MR) is 102 cm³/mol. The molecule has 1 N–H and O–H groups in total. The number of furan rings is 1. The lowest BCUT2D eigenvalue weighted by atomic mass is 10.0. The van der Waals surface area contributed by atoms with E-state index in [0.717, 1.165) is 12.1 Å². The molecule has 0 radical (unpaired) electrons. The van der Waals surface area contributed by atoms with E-state index in [1.54, 1.807) is 6.07 Å². The van der Waals surface area contributed by atoms with Gasteiger partial charge in [-0.15, -0.1) is 5.10 Å². The molecule has 1 saturated heterocycles. The van der Waals surface area contributed by atoms with Crippen molar-refractivity contribution in [3.63, 3.8) is 0 Å². The number of ether oxygens (including phenoxy) is 2. The first-order valence-corrected chi connectivity index (χ1v) is 9.76. The van der Waals surface area contributed by atoms with Gasteiger partial charge in [0.15, 0.2) is 5.82 Å². The molecule has 0 bridgehead atoms. The summed E-state index contributed by atoms with van der Waals surface area (Å²) < 4.78 is 45.8. The predicted octanol–water partition coefficient (Wildman–Crippen LogP) is 2.82. The molecular weight excluding hydrogens is 436 g/mol. The fourth-order valence-electron chi connectivity index (χ4n) is 3.45. The van der Waals surface area contributed by atoms with Crippen LogP contribution in [0.15, 0.2) is 28.9 Å². The minimum Gasteiger partial charge on any atom is -0.463 e. The number of carbonyl (C=O) groups excluding carboxylic acids is 1. The number of aromatic nitrogens is 4. The first-order valence-electron chi connectivity index (χ1n) is 9.38. The van der Waals surface area contributed by atoms with Crippen LogP contribution in [-0.4, -0.2) is 46.5 Å². The highest BCUT2D eigenvalue weighted by Gasteiger charge is 2.32. The molecule has 3 aromatic rings. The van der Waals surface area contributed by atoms with E-state index in [1.165, 1.54) is 18.1 Å². The van der Waals surface area contributed by atoms with Gasteiger partial charge >= 0.3 is 5.97 Å². The topological polar surface area (TPSA) is 104 Å². The standard InChI is InChI=1S/C19H18ClF2N5O4/c1-29-19(28)17-10(4-7-31-17)8-23-16(14-12(21)2-3-13(22)15(14)20)18-24-25-26-27(18)11-5-6-30-9-11/h2-4,7,11,16,23H,5-6,8-9H2,1H3. The lowest BCUT2D eigenvalue weighted by molar-refractivity contribution is 0.0563. The largest absolute Gasteiger partial charge is 0.463 e. The van der Waals surface area contributed by atoms with Gasteiger partial charge in [0.1, 0.15) is 11.6 Å². The summed E-state index contributed by atoms with van der Waals surface area (Å²) in [6.45, 7) is 0.957. The SMILES string of the molecule is COC(=O)c1occc1CNC(c1c(F)ccc(F)c1Cl)c1nnnn1C1CCOC1. The van der Waals surface area contributed by atoms with E-state index in [4.69, 9.17) is 25.5 Å². The van der Waals surface area contributed by atoms with Gasteiger partial charge in [0.25, 0.3) is 0 Å². The summed E-state index contributed by atoms with van der Waals surface area (Å²) in [7, 11) is 1.23. The zero-order chi connectivity index (χ0) is 22.0. The molecule has 1 aliphatic rings. The summed E-state index contributed by atoms with van der Waals surface area (Å²) in [5.74, 6) is -1.97. The smallest absolute Gasteiger partial charge is 0.374 e. The maximum atomic E-state index is 14.8. The Labute approximate surface area is 180 Å². The van der Waals surface area contributed by atoms with Crippen molar-refractivity contribution in [1.29, 1.82) is 0 Å². The normalized spacial score (nSPS) is 17.1. The van der Waals surface area contributed by atoms with E-state index in [2.05, 4.69) is 20.8 Å². The number of halogens is 3. The highest BCUT2D eigenvalue weighted by molar-refractivity contribution is 6.31. The molecule has 0 aliphatic carbocycles. The number of nitrogens with zero attached hydrogens (tertiary/aromatic N) is 4. The van der Waals surface area contributed by atoms with Crippen molar-refractivity contribution in [2.45, 2.75) is 25.0 Å². The van der Waals surface area contributed by atoms with Gasteiger partial charge in [0.2, 0.25) is 5.76 Å². The van der Waals surface area contributed by atoms with Crippen LogP contribution in [0.2, 0.25) is 5.02 Å². The Morgan fingerprint density at radius 2 is 2.19 bits per heavy atom. The summed E-state index contributed by atoms with van der Waals surface area (Å²) in [5, 5.41) is 14.4. The fourth-order valence-corrected chi connectivity index (χ4v) is 3.72. The molecule has 2 atom stereocenters. The number of esters is 1. The van der Waals surface area contributed by atoms with Crippen LogP contribution in [0.25, 0.3) is 0 Å². The van der Waals surface area contributed by atoms with E-state index in [9.17, 15) is 13.6 Å². The Kier molecular flexibility index (Phi) is 6.25. The Morgan fingerprint density at radius 1 is 1.39 bits per heavy atom. The Morgan fingerprint density at radius 3 is 2.94 bits per heavy atom. The van der Waals surface area contributed by atoms with Crippen LogP contribution in [0.3, 0.4) is 0 Å². The second-order valence-corrected chi connectivity index (χ2v) is 7.21. The van der Waals surface area contributed by atoms with Crippen molar-refractivity contribution in [2.75, 3.05) is 20.3 Å². The van der Waals surface area contributed by atoms with Gasteiger partial charge < -0.3 is 13.9 Å². The summed E-state index contributed by atoms with van der Waals surface area (Å²) in [5.41, 5.74) is 0.299. The third kappa shape index (κ3) is 4.16. The molecule has 1 aliphatic heterocycles. The number of hydrogen-bond donors (Lipinski definition) is 1. The lowest BCUT2D eigenvalue weighted by Gasteiger charge is -2.22. The van der Waals surface area contributed by atoms with Crippen LogP contribution in [0.4, 0.5) is 8.78 Å². The van der Waals surface area contributed by atoms with Crippen LogP contribution in [0, 0.1) is 11.6 Å². The highest BCUT2D eigenvalue weighted by Crippen LogP contribution is 2.33. The van der Waals surface area contributed by atoms with Crippen LogP contribution in [-0.2, 0) is 16.0 Å². The molecule has 0 spiro atoms. The molecule has 0 amide bonds. The third-order valence-corrected chi connectivity index (χ3v) is 5.39. The van der Waals surface area contributed by atoms with Gasteiger partial charge in [-0.05, 0) is 35.0 Å². The van der Waals surface area contributed by atoms with Gasteiger partial charge in [-0.25, -0.2) is 18.3 Å². The van der Waals surface area contributed by atoms with Crippen molar-refractivity contribution in [3.8, 4) is 0 Å². The van der Waals surface area contributed by atoms with E-state index < -0.39 is 28.7 Å². The van der Waals surface area contributed by atoms with Crippen LogP contribution < -0.4 is 5.32 Å². The van der Waals surface area contributed by atoms with Gasteiger partial charge in [-0.3, -0.25) is 5.32 Å². The summed E-state index contributed by atoms with van der Waals surface area (Å²) in [6.07, 6.45) is 1.99. The second-order valence-electron chi connectivity index (χ2n) is 6.84. The number of nitrogens with one attached hydrogen (secondary N) is 1. The first-order chi connectivity index (χ1) is 15.0. The molecule has 3 heterocycles. The minimum atomic E-state index is -1.03. The monoisotopic (exact) mass is 453 g/mol. The summed E-state index contributed by atoms with van der Waals surface area (Å²) >= 11 is 6.14. The molecule has 164 valence electrons. The molecule has 2 unspecified atom stereocenters. The highest BCUT2D eigenvalue weighted by atomic mass is 35.5. The van der Waals surface area contributed by atoms with E-state index in [-0.39, 0.29) is 29.7 Å². The number of hydrogen-bond acceptors (Lipinski definition) is 8. The Hall–Kier alpha value is -2.89. The van der Waals surface area contributed by atoms with Crippen LogP contribution in [0.1, 0.15) is 46.0 Å². The molecule has 1 fully saturated rings. The molecule has 4 rings (SSSR count). The van der Waals surface area contributed by atoms with Gasteiger partial charge in [-0.1, -0.05) is 11.6 Å². The zero-order valence-corrected chi connectivity index (χ0v) is 17.1. The fraction of sp³-hybridized carbons (Fsp3) is 0.368. The maximum absolute atomic E-state index is 14.8. The number of methoxy groups -OCH3 is 1. The third-order valence-electron chi connectivity index (χ3n) is 5.01. The van der Waals surface area contributed by atoms with Crippen LogP contribution >= 0.6 is 11.6 Å². The first kappa shape index (κ1) is 21.3. The van der Waals surface area contributed by atoms with E-state index in [1.807, 2.05) is 0 Å². The van der Waals surface area contributed by atoms with E-state index >= 15 is 0 Å². The van der Waals surface area contributed by atoms with Crippen molar-refractivity contribution >= 4 is 17.6 Å². The quantitative estimate of drug-likeness (QED) is 0.430. The van der Waals surface area contributed by atoms with Crippen LogP contribution in [0.5, 0.6) is 0 Å². The Bertz CT molecular complexity index is 1080. The summed E-state index contributed by atoms with van der Waals surface area (Å²) in [4.78, 5) is 11.9. The van der Waals surface area contributed by atoms with Crippen molar-refractivity contribution in [2.24, 2.45) is 0 Å². The van der Waals surface area contributed by atoms with Gasteiger partial charge in [-0.2, -0.15) is 0 Å². The van der Waals surface area contributed by atoms with Crippen molar-refractivity contribution < 1.29 is 27.5 Å². The van der Waals surface area contributed by atoms with Gasteiger partial charge in [0.05, 0.1) is 37.1 Å². The molecule has 1 aromatic carbocycles. The maximum Gasteiger partial charge on any atom is 0.374 e. The average Bonchev–Trinajstić information content (AvgIpc) is 3.53. The molecule has 2 aromatic heterocycles. The van der Waals surface area contributed by atoms with Crippen molar-refractivity contribution in [1.82, 2.24) is 25.5 Å². The Balaban J connectivity index is 1.73. The number of tetrazole rings is 1. The van der Waals surface area contributed by atoms with Gasteiger partial charge in [0, 0.05) is 24.3 Å². The number of benzene rings is 1. The average molecular weight is 454 g/mol. The minimum absolute atomic E-state index is 0.0108. The molecule has 9 nitrogen and oxygen atoms in total. The van der Waals surface area contributed by atoms with E-state index in [0.29, 0.717) is 25.2 Å². The molecule has 0 saturated carbocycles. The number of carbonyl (C=O) groups is 1. The lowest BCUT2D eigenvalue weighted by Crippen LogP contribution is -2.29. The molecular formula is C19H18ClF2N5O4. The second kappa shape index (κ2) is 9.08.